The molecule has 2 aromatic rings. The maximum atomic E-state index is 12.0. The van der Waals surface area contributed by atoms with Gasteiger partial charge in [-0.3, -0.25) is 4.79 Å². The summed E-state index contributed by atoms with van der Waals surface area (Å²) in [5.41, 5.74) is 3.28. The van der Waals surface area contributed by atoms with Gasteiger partial charge < -0.3 is 5.11 Å². The highest BCUT2D eigenvalue weighted by molar-refractivity contribution is 9.10. The summed E-state index contributed by atoms with van der Waals surface area (Å²) in [6, 6.07) is 11.2. The first-order valence-electron chi connectivity index (χ1n) is 5.81. The third kappa shape index (κ3) is 1.75. The number of phenolic OH excluding ortho intramolecular Hbond substituents is 1. The Morgan fingerprint density at radius 3 is 2.39 bits per heavy atom. The molecule has 0 saturated carbocycles. The minimum atomic E-state index is 0.124. The van der Waals surface area contributed by atoms with Crippen LogP contribution in [0, 0.1) is 0 Å². The number of carbonyl (C=O) groups excluding carboxylic acids is 1. The number of aromatic hydroxyl groups is 1. The van der Waals surface area contributed by atoms with Gasteiger partial charge in [-0.05, 0) is 35.7 Å². The number of Topliss-reactive ketones (excluding diaryl/α,β-unsaturated/α-hetero) is 1. The Morgan fingerprint density at radius 2 is 1.67 bits per heavy atom. The maximum absolute atomic E-state index is 12.0. The fourth-order valence-corrected chi connectivity index (χ4v) is 2.71. The van der Waals surface area contributed by atoms with Crippen LogP contribution in [0.5, 0.6) is 5.75 Å². The first-order valence-corrected chi connectivity index (χ1v) is 6.60. The molecule has 2 nitrogen and oxygen atoms in total. The van der Waals surface area contributed by atoms with Crippen LogP contribution in [-0.2, 0) is 6.42 Å². The Kier molecular flexibility index (Phi) is 2.71. The van der Waals surface area contributed by atoms with Gasteiger partial charge in [-0.2, -0.15) is 0 Å². The van der Waals surface area contributed by atoms with E-state index in [1.54, 1.807) is 6.07 Å². The van der Waals surface area contributed by atoms with E-state index in [-0.39, 0.29) is 11.5 Å². The van der Waals surface area contributed by atoms with Gasteiger partial charge in [-0.1, -0.05) is 34.1 Å². The molecule has 0 amide bonds. The molecule has 0 saturated heterocycles. The summed E-state index contributed by atoms with van der Waals surface area (Å²) in [5, 5.41) is 10.1. The van der Waals surface area contributed by atoms with E-state index in [4.69, 9.17) is 0 Å². The van der Waals surface area contributed by atoms with Gasteiger partial charge in [0.05, 0.1) is 0 Å². The average Bonchev–Trinajstić information content (AvgIpc) is 2.73. The number of benzene rings is 2. The quantitative estimate of drug-likeness (QED) is 0.866. The van der Waals surface area contributed by atoms with Crippen molar-refractivity contribution in [2.75, 3.05) is 0 Å². The van der Waals surface area contributed by atoms with E-state index in [1.165, 1.54) is 0 Å². The molecule has 18 heavy (non-hydrogen) atoms. The monoisotopic (exact) mass is 302 g/mol. The van der Waals surface area contributed by atoms with Crippen molar-refractivity contribution >= 4 is 21.7 Å². The van der Waals surface area contributed by atoms with Gasteiger partial charge in [0.25, 0.3) is 0 Å². The predicted molar refractivity (Wildman–Crippen MR) is 73.9 cm³/mol. The molecule has 1 aliphatic carbocycles. The third-order valence-corrected chi connectivity index (χ3v) is 3.83. The van der Waals surface area contributed by atoms with Crippen LogP contribution in [0.3, 0.4) is 0 Å². The van der Waals surface area contributed by atoms with Crippen molar-refractivity contribution in [2.24, 2.45) is 0 Å². The molecule has 0 heterocycles. The fourth-order valence-electron chi connectivity index (χ4n) is 2.44. The molecule has 3 rings (SSSR count). The lowest BCUT2D eigenvalue weighted by Gasteiger charge is -2.10. The first-order chi connectivity index (χ1) is 8.66. The molecule has 0 fully saturated rings. The predicted octanol–water partition coefficient (Wildman–Crippen LogP) is 3.95. The van der Waals surface area contributed by atoms with Crippen LogP contribution in [0.2, 0.25) is 0 Å². The third-order valence-electron chi connectivity index (χ3n) is 3.30. The Morgan fingerprint density at radius 1 is 0.944 bits per heavy atom. The van der Waals surface area contributed by atoms with Crippen molar-refractivity contribution in [3.05, 3.63) is 52.0 Å². The number of aryl methyl sites for hydroxylation is 1. The van der Waals surface area contributed by atoms with E-state index in [9.17, 15) is 9.90 Å². The lowest BCUT2D eigenvalue weighted by molar-refractivity contribution is 0.0995. The summed E-state index contributed by atoms with van der Waals surface area (Å²) >= 11 is 3.38. The van der Waals surface area contributed by atoms with Crippen LogP contribution in [0.1, 0.15) is 22.3 Å². The van der Waals surface area contributed by atoms with E-state index >= 15 is 0 Å². The van der Waals surface area contributed by atoms with Crippen molar-refractivity contribution < 1.29 is 9.90 Å². The summed E-state index contributed by atoms with van der Waals surface area (Å²) in [6.45, 7) is 0. The van der Waals surface area contributed by atoms with Crippen molar-refractivity contribution in [3.8, 4) is 16.9 Å². The molecule has 0 aliphatic heterocycles. The second-order valence-corrected chi connectivity index (χ2v) is 5.34. The molecule has 2 aromatic carbocycles. The van der Waals surface area contributed by atoms with Gasteiger partial charge in [0.15, 0.2) is 5.78 Å². The Balaban J connectivity index is 2.26. The summed E-state index contributed by atoms with van der Waals surface area (Å²) in [6.07, 6.45) is 1.32. The number of hydrogen-bond acceptors (Lipinski definition) is 2. The SMILES string of the molecule is O=C1CCc2ccc(O)c(-c3ccc(Br)cc3)c21. The van der Waals surface area contributed by atoms with Gasteiger partial charge in [-0.25, -0.2) is 0 Å². The highest BCUT2D eigenvalue weighted by atomic mass is 79.9. The normalized spacial score (nSPS) is 13.7. The van der Waals surface area contributed by atoms with Crippen LogP contribution >= 0.6 is 15.9 Å². The molecular formula is C15H11BrO2. The number of halogens is 1. The lowest BCUT2D eigenvalue weighted by atomic mass is 9.95. The highest BCUT2D eigenvalue weighted by Gasteiger charge is 2.25. The summed E-state index contributed by atoms with van der Waals surface area (Å²) in [7, 11) is 0. The van der Waals surface area contributed by atoms with Crippen molar-refractivity contribution in [1.82, 2.24) is 0 Å². The van der Waals surface area contributed by atoms with Crippen LogP contribution in [-0.4, -0.2) is 10.9 Å². The molecule has 90 valence electrons. The molecule has 1 aliphatic rings. The Hall–Kier alpha value is -1.61. The van der Waals surface area contributed by atoms with E-state index < -0.39 is 0 Å². The molecule has 0 bridgehead atoms. The largest absolute Gasteiger partial charge is 0.507 e. The number of phenols is 1. The Bertz CT molecular complexity index is 630. The molecule has 0 radical (unpaired) electrons. The number of hydrogen-bond donors (Lipinski definition) is 1. The van der Waals surface area contributed by atoms with Gasteiger partial charge in [0.1, 0.15) is 5.75 Å². The van der Waals surface area contributed by atoms with Crippen LogP contribution < -0.4 is 0 Å². The average molecular weight is 303 g/mol. The highest BCUT2D eigenvalue weighted by Crippen LogP contribution is 2.38. The van der Waals surface area contributed by atoms with Crippen molar-refractivity contribution in [1.29, 1.82) is 0 Å². The lowest BCUT2D eigenvalue weighted by Crippen LogP contribution is -1.96. The molecule has 1 N–H and O–H groups in total. The molecular weight excluding hydrogens is 292 g/mol. The summed E-state index contributed by atoms with van der Waals surface area (Å²) in [5.74, 6) is 0.296. The van der Waals surface area contributed by atoms with E-state index in [0.717, 1.165) is 22.0 Å². The van der Waals surface area contributed by atoms with Crippen LogP contribution in [0.15, 0.2) is 40.9 Å². The summed E-state index contributed by atoms with van der Waals surface area (Å²) < 4.78 is 0.977. The zero-order valence-electron chi connectivity index (χ0n) is 9.61. The fraction of sp³-hybridized carbons (Fsp3) is 0.133. The zero-order chi connectivity index (χ0) is 12.7. The maximum Gasteiger partial charge on any atom is 0.164 e. The van der Waals surface area contributed by atoms with E-state index in [1.807, 2.05) is 30.3 Å². The van der Waals surface area contributed by atoms with Crippen LogP contribution in [0.25, 0.3) is 11.1 Å². The second-order valence-electron chi connectivity index (χ2n) is 4.42. The topological polar surface area (TPSA) is 37.3 Å². The molecule has 3 heteroatoms. The molecule has 0 aromatic heterocycles. The van der Waals surface area contributed by atoms with Gasteiger partial charge in [0.2, 0.25) is 0 Å². The number of fused-ring (bicyclic) bond motifs is 1. The van der Waals surface area contributed by atoms with Gasteiger partial charge in [0, 0.05) is 22.0 Å². The number of rotatable bonds is 1. The second kappa shape index (κ2) is 4.25. The standard InChI is InChI=1S/C15H11BrO2/c16-11-5-1-9(2-6-11)14-12(17)7-3-10-4-8-13(18)15(10)14/h1-3,5-7,17H,4,8H2. The van der Waals surface area contributed by atoms with E-state index in [2.05, 4.69) is 15.9 Å². The van der Waals surface area contributed by atoms with Crippen LogP contribution in [0.4, 0.5) is 0 Å². The molecule has 0 unspecified atom stereocenters. The smallest absolute Gasteiger partial charge is 0.164 e. The zero-order valence-corrected chi connectivity index (χ0v) is 11.2. The van der Waals surface area contributed by atoms with Crippen molar-refractivity contribution in [3.63, 3.8) is 0 Å². The summed E-state index contributed by atoms with van der Waals surface area (Å²) in [4.78, 5) is 12.0. The van der Waals surface area contributed by atoms with Crippen molar-refractivity contribution in [2.45, 2.75) is 12.8 Å². The Labute approximate surface area is 113 Å². The minimum Gasteiger partial charge on any atom is -0.507 e. The first kappa shape index (κ1) is 11.5. The van der Waals surface area contributed by atoms with Gasteiger partial charge >= 0.3 is 0 Å². The van der Waals surface area contributed by atoms with E-state index in [0.29, 0.717) is 17.5 Å². The molecule has 0 atom stereocenters. The van der Waals surface area contributed by atoms with Gasteiger partial charge in [-0.15, -0.1) is 0 Å². The number of ketones is 1. The number of carbonyl (C=O) groups is 1. The molecule has 0 spiro atoms. The minimum absolute atomic E-state index is 0.124.